The van der Waals surface area contributed by atoms with Gasteiger partial charge in [0.25, 0.3) is 5.91 Å². The minimum Gasteiger partial charge on any atom is -0.493 e. The number of nitrogens with one attached hydrogen (secondary N) is 1. The highest BCUT2D eigenvalue weighted by Gasteiger charge is 2.27. The maximum absolute atomic E-state index is 13.0. The van der Waals surface area contributed by atoms with Crippen LogP contribution < -0.4 is 19.7 Å². The van der Waals surface area contributed by atoms with Gasteiger partial charge in [-0.25, -0.2) is 4.79 Å². The summed E-state index contributed by atoms with van der Waals surface area (Å²) < 4.78 is 15.5. The Morgan fingerprint density at radius 1 is 0.909 bits per heavy atom. The number of carbonyl (C=O) groups excluding carboxylic acids is 3. The molecule has 1 saturated heterocycles. The van der Waals surface area contributed by atoms with E-state index in [0.29, 0.717) is 60.2 Å². The van der Waals surface area contributed by atoms with Gasteiger partial charge in [-0.3, -0.25) is 9.59 Å². The van der Waals surface area contributed by atoms with Gasteiger partial charge in [-0.05, 0) is 30.3 Å². The summed E-state index contributed by atoms with van der Waals surface area (Å²) >= 11 is 0. The molecule has 0 saturated carbocycles. The summed E-state index contributed by atoms with van der Waals surface area (Å²) in [4.78, 5) is 40.8. The molecule has 1 N–H and O–H groups in total. The normalized spacial score (nSPS) is 13.0. The Labute approximate surface area is 199 Å². The molecule has 0 atom stereocenters. The quantitative estimate of drug-likeness (QED) is 0.639. The SMILES string of the molecule is COC(=O)c1cccc(NC(C)=O)c1N1CCN(C(=O)c2ccc(OC)c(OC)c2)CC1.Cl. The smallest absolute Gasteiger partial charge is 0.340 e. The highest BCUT2D eigenvalue weighted by atomic mass is 35.5. The van der Waals surface area contributed by atoms with Gasteiger partial charge >= 0.3 is 5.97 Å². The molecule has 0 bridgehead atoms. The third-order valence-corrected chi connectivity index (χ3v) is 5.27. The number of hydrogen-bond donors (Lipinski definition) is 1. The zero-order chi connectivity index (χ0) is 23.3. The van der Waals surface area contributed by atoms with Crippen molar-refractivity contribution >= 4 is 41.6 Å². The van der Waals surface area contributed by atoms with Crippen LogP contribution in [0.5, 0.6) is 11.5 Å². The van der Waals surface area contributed by atoms with Crippen LogP contribution in [0.15, 0.2) is 36.4 Å². The Morgan fingerprint density at radius 2 is 1.58 bits per heavy atom. The highest BCUT2D eigenvalue weighted by molar-refractivity contribution is 6.03. The third-order valence-electron chi connectivity index (χ3n) is 5.27. The Bertz CT molecular complexity index is 1020. The summed E-state index contributed by atoms with van der Waals surface area (Å²) in [5, 5.41) is 2.78. The number of esters is 1. The molecule has 1 fully saturated rings. The lowest BCUT2D eigenvalue weighted by molar-refractivity contribution is -0.114. The zero-order valence-electron chi connectivity index (χ0n) is 19.0. The fourth-order valence-electron chi connectivity index (χ4n) is 3.73. The number of para-hydroxylation sites is 1. The second-order valence-corrected chi connectivity index (χ2v) is 7.22. The van der Waals surface area contributed by atoms with Crippen molar-refractivity contribution in [2.24, 2.45) is 0 Å². The Hall–Kier alpha value is -3.46. The minimum absolute atomic E-state index is 0. The lowest BCUT2D eigenvalue weighted by Crippen LogP contribution is -2.49. The van der Waals surface area contributed by atoms with Crippen molar-refractivity contribution in [1.29, 1.82) is 0 Å². The summed E-state index contributed by atoms with van der Waals surface area (Å²) in [6, 6.07) is 10.2. The molecule has 3 rings (SSSR count). The monoisotopic (exact) mass is 477 g/mol. The van der Waals surface area contributed by atoms with E-state index in [0.717, 1.165) is 0 Å². The number of benzene rings is 2. The van der Waals surface area contributed by atoms with Crippen molar-refractivity contribution in [2.75, 3.05) is 57.7 Å². The van der Waals surface area contributed by atoms with Gasteiger partial charge in [0.15, 0.2) is 11.5 Å². The molecule has 0 aliphatic carbocycles. The van der Waals surface area contributed by atoms with Crippen LogP contribution in [0.3, 0.4) is 0 Å². The fraction of sp³-hybridized carbons (Fsp3) is 0.348. The average Bonchev–Trinajstić information content (AvgIpc) is 2.82. The van der Waals surface area contributed by atoms with Gasteiger partial charge in [-0.2, -0.15) is 0 Å². The van der Waals surface area contributed by atoms with E-state index >= 15 is 0 Å². The summed E-state index contributed by atoms with van der Waals surface area (Å²) in [5.74, 6) is 0.197. The van der Waals surface area contributed by atoms with Crippen molar-refractivity contribution in [3.05, 3.63) is 47.5 Å². The Balaban J connectivity index is 0.00000385. The number of carbonyl (C=O) groups is 3. The first kappa shape index (κ1) is 25.8. The van der Waals surface area contributed by atoms with Gasteiger partial charge < -0.3 is 29.3 Å². The molecule has 1 aliphatic rings. The number of amides is 2. The largest absolute Gasteiger partial charge is 0.493 e. The second kappa shape index (κ2) is 11.4. The molecule has 2 aromatic rings. The van der Waals surface area contributed by atoms with Gasteiger partial charge in [0, 0.05) is 38.7 Å². The molecule has 2 amide bonds. The van der Waals surface area contributed by atoms with Gasteiger partial charge in [0.1, 0.15) is 0 Å². The first-order valence-corrected chi connectivity index (χ1v) is 10.1. The summed E-state index contributed by atoms with van der Waals surface area (Å²) in [7, 11) is 4.38. The molecule has 178 valence electrons. The van der Waals surface area contributed by atoms with Crippen LogP contribution in [0.1, 0.15) is 27.6 Å². The molecule has 10 heteroatoms. The number of rotatable bonds is 6. The minimum atomic E-state index is -0.490. The predicted octanol–water partition coefficient (Wildman–Crippen LogP) is 2.83. The number of halogens is 1. The number of anilines is 2. The molecule has 9 nitrogen and oxygen atoms in total. The fourth-order valence-corrected chi connectivity index (χ4v) is 3.73. The number of ether oxygens (including phenoxy) is 3. The number of nitrogens with zero attached hydrogens (tertiary/aromatic N) is 2. The third kappa shape index (κ3) is 5.67. The van der Waals surface area contributed by atoms with Gasteiger partial charge in [-0.15, -0.1) is 12.4 Å². The Kier molecular flexibility index (Phi) is 8.93. The van der Waals surface area contributed by atoms with E-state index in [4.69, 9.17) is 14.2 Å². The second-order valence-electron chi connectivity index (χ2n) is 7.22. The first-order chi connectivity index (χ1) is 15.4. The Morgan fingerprint density at radius 3 is 2.15 bits per heavy atom. The molecular formula is C23H28ClN3O6. The maximum atomic E-state index is 13.0. The lowest BCUT2D eigenvalue weighted by Gasteiger charge is -2.37. The topological polar surface area (TPSA) is 97.4 Å². The van der Waals surface area contributed by atoms with E-state index in [9.17, 15) is 14.4 Å². The van der Waals surface area contributed by atoms with E-state index in [-0.39, 0.29) is 24.2 Å². The molecule has 1 heterocycles. The van der Waals surface area contributed by atoms with Crippen molar-refractivity contribution in [3.8, 4) is 11.5 Å². The van der Waals surface area contributed by atoms with Crippen molar-refractivity contribution < 1.29 is 28.6 Å². The van der Waals surface area contributed by atoms with Crippen LogP contribution in [-0.4, -0.2) is 70.2 Å². The molecule has 0 unspecified atom stereocenters. The zero-order valence-corrected chi connectivity index (χ0v) is 19.9. The van der Waals surface area contributed by atoms with E-state index in [2.05, 4.69) is 5.32 Å². The number of piperazine rings is 1. The molecule has 33 heavy (non-hydrogen) atoms. The lowest BCUT2D eigenvalue weighted by atomic mass is 10.1. The van der Waals surface area contributed by atoms with Gasteiger partial charge in [-0.1, -0.05) is 6.07 Å². The molecule has 0 aromatic heterocycles. The molecule has 0 radical (unpaired) electrons. The van der Waals surface area contributed by atoms with E-state index < -0.39 is 5.97 Å². The van der Waals surface area contributed by atoms with E-state index in [1.165, 1.54) is 21.1 Å². The molecule has 2 aromatic carbocycles. The number of hydrogen-bond acceptors (Lipinski definition) is 7. The van der Waals surface area contributed by atoms with Crippen LogP contribution in [0.2, 0.25) is 0 Å². The number of methoxy groups -OCH3 is 3. The molecule has 1 aliphatic heterocycles. The summed E-state index contributed by atoms with van der Waals surface area (Å²) in [6.07, 6.45) is 0. The van der Waals surface area contributed by atoms with Crippen LogP contribution in [-0.2, 0) is 9.53 Å². The standard InChI is InChI=1S/C23H27N3O6.ClH/c1-15(27)24-18-7-5-6-17(23(29)32-4)21(18)25-10-12-26(13-11-25)22(28)16-8-9-19(30-2)20(14-16)31-3;/h5-9,14H,10-13H2,1-4H3,(H,24,27);1H. The maximum Gasteiger partial charge on any atom is 0.340 e. The highest BCUT2D eigenvalue weighted by Crippen LogP contribution is 2.32. The molecule has 0 spiro atoms. The van der Waals surface area contributed by atoms with Crippen LogP contribution in [0.4, 0.5) is 11.4 Å². The van der Waals surface area contributed by atoms with Crippen molar-refractivity contribution in [3.63, 3.8) is 0 Å². The summed E-state index contributed by atoms with van der Waals surface area (Å²) in [6.45, 7) is 3.28. The van der Waals surface area contributed by atoms with Crippen LogP contribution in [0.25, 0.3) is 0 Å². The van der Waals surface area contributed by atoms with E-state index in [1.54, 1.807) is 48.4 Å². The van der Waals surface area contributed by atoms with Crippen LogP contribution >= 0.6 is 12.4 Å². The molecular weight excluding hydrogens is 450 g/mol. The van der Waals surface area contributed by atoms with Gasteiger partial charge in [0.05, 0.1) is 38.3 Å². The van der Waals surface area contributed by atoms with Crippen molar-refractivity contribution in [2.45, 2.75) is 6.92 Å². The van der Waals surface area contributed by atoms with E-state index in [1.807, 2.05) is 4.90 Å². The van der Waals surface area contributed by atoms with Crippen LogP contribution in [0, 0.1) is 0 Å². The predicted molar refractivity (Wildman–Crippen MR) is 127 cm³/mol. The van der Waals surface area contributed by atoms with Gasteiger partial charge in [0.2, 0.25) is 5.91 Å². The van der Waals surface area contributed by atoms with Crippen molar-refractivity contribution in [1.82, 2.24) is 4.90 Å². The average molecular weight is 478 g/mol. The summed E-state index contributed by atoms with van der Waals surface area (Å²) in [5.41, 5.74) is 1.98. The first-order valence-electron chi connectivity index (χ1n) is 10.1.